The minimum absolute atomic E-state index is 0.634. The largest absolute Gasteiger partial charge is 0.311 e. The second kappa shape index (κ2) is 2.23. The molecule has 0 amide bonds. The summed E-state index contributed by atoms with van der Waals surface area (Å²) in [6.45, 7) is 3.61. The monoisotopic (exact) mass is 139 g/mol. The third-order valence-electron chi connectivity index (χ3n) is 3.47. The smallest absolute Gasteiger partial charge is 0.0221 e. The predicted molar refractivity (Wildman–Crippen MR) is 43.0 cm³/mol. The molecule has 1 saturated carbocycles. The van der Waals surface area contributed by atoms with Crippen LogP contribution < -0.4 is 5.32 Å². The first kappa shape index (κ1) is 6.66. The maximum atomic E-state index is 3.62. The first-order valence-electron chi connectivity index (χ1n) is 4.62. The van der Waals surface area contributed by atoms with Crippen molar-refractivity contribution in [1.82, 2.24) is 5.32 Å². The van der Waals surface area contributed by atoms with Crippen molar-refractivity contribution >= 4 is 0 Å². The molecule has 1 nitrogen and oxygen atoms in total. The minimum Gasteiger partial charge on any atom is -0.311 e. The lowest BCUT2D eigenvalue weighted by molar-refractivity contribution is 0.102. The van der Waals surface area contributed by atoms with Gasteiger partial charge in [0.1, 0.15) is 0 Å². The Labute approximate surface area is 63.2 Å². The Morgan fingerprint density at radius 1 is 1.40 bits per heavy atom. The third-order valence-corrected chi connectivity index (χ3v) is 3.47. The van der Waals surface area contributed by atoms with Gasteiger partial charge in [0.2, 0.25) is 0 Å². The van der Waals surface area contributed by atoms with Crippen molar-refractivity contribution in [2.24, 2.45) is 5.92 Å². The molecule has 1 heterocycles. The molecule has 2 rings (SSSR count). The van der Waals surface area contributed by atoms with Crippen LogP contribution in [0.2, 0.25) is 0 Å². The molecule has 1 saturated heterocycles. The first-order valence-corrected chi connectivity index (χ1v) is 4.62. The highest BCUT2D eigenvalue weighted by molar-refractivity contribution is 5.05. The van der Waals surface area contributed by atoms with Crippen molar-refractivity contribution in [3.63, 3.8) is 0 Å². The van der Waals surface area contributed by atoms with Gasteiger partial charge in [-0.15, -0.1) is 0 Å². The summed E-state index contributed by atoms with van der Waals surface area (Å²) in [5.41, 5.74) is 0.634. The maximum absolute atomic E-state index is 3.62. The first-order chi connectivity index (χ1) is 4.87. The molecule has 0 aromatic rings. The van der Waals surface area contributed by atoms with E-state index in [1.165, 1.54) is 38.6 Å². The number of nitrogens with one attached hydrogen (secondary N) is 1. The zero-order valence-electron chi connectivity index (χ0n) is 6.82. The predicted octanol–water partition coefficient (Wildman–Crippen LogP) is 1.93. The molecule has 0 unspecified atom stereocenters. The average Bonchev–Trinajstić information content (AvgIpc) is 2.35. The Kier molecular flexibility index (Phi) is 1.48. The summed E-state index contributed by atoms with van der Waals surface area (Å²) in [6.07, 6.45) is 7.21. The van der Waals surface area contributed by atoms with Gasteiger partial charge in [0.15, 0.2) is 0 Å². The Balaban J connectivity index is 2.01. The Bertz CT molecular complexity index is 123. The van der Waals surface area contributed by atoms with Crippen molar-refractivity contribution < 1.29 is 0 Å². The summed E-state index contributed by atoms with van der Waals surface area (Å²) in [4.78, 5) is 0. The van der Waals surface area contributed by atoms with Crippen molar-refractivity contribution in [2.45, 2.75) is 44.6 Å². The summed E-state index contributed by atoms with van der Waals surface area (Å²) >= 11 is 0. The lowest BCUT2D eigenvalue weighted by Gasteiger charge is -2.48. The van der Waals surface area contributed by atoms with Gasteiger partial charge in [-0.25, -0.2) is 0 Å². The van der Waals surface area contributed by atoms with E-state index in [1.807, 2.05) is 0 Å². The molecule has 10 heavy (non-hydrogen) atoms. The van der Waals surface area contributed by atoms with Crippen LogP contribution in [0.5, 0.6) is 0 Å². The summed E-state index contributed by atoms with van der Waals surface area (Å²) in [5.74, 6) is 1.01. The highest BCUT2D eigenvalue weighted by Gasteiger charge is 2.46. The van der Waals surface area contributed by atoms with Gasteiger partial charge < -0.3 is 5.32 Å². The molecule has 0 aromatic carbocycles. The highest BCUT2D eigenvalue weighted by Crippen LogP contribution is 2.42. The SMILES string of the molecule is CC[C@H]1CNC12CCCC2. The van der Waals surface area contributed by atoms with E-state index in [2.05, 4.69) is 12.2 Å². The second-order valence-corrected chi connectivity index (χ2v) is 3.85. The van der Waals surface area contributed by atoms with E-state index in [9.17, 15) is 0 Å². The Morgan fingerprint density at radius 3 is 2.50 bits per heavy atom. The lowest BCUT2D eigenvalue weighted by Crippen LogP contribution is -2.63. The van der Waals surface area contributed by atoms with Crippen LogP contribution in [-0.2, 0) is 0 Å². The van der Waals surface area contributed by atoms with Crippen LogP contribution >= 0.6 is 0 Å². The summed E-state index contributed by atoms with van der Waals surface area (Å²) < 4.78 is 0. The summed E-state index contributed by atoms with van der Waals surface area (Å²) in [7, 11) is 0. The molecule has 58 valence electrons. The Hall–Kier alpha value is -0.0400. The van der Waals surface area contributed by atoms with Gasteiger partial charge in [0, 0.05) is 12.1 Å². The molecule has 1 aliphatic carbocycles. The quantitative estimate of drug-likeness (QED) is 0.585. The normalized spacial score (nSPS) is 36.3. The molecule has 0 bridgehead atoms. The van der Waals surface area contributed by atoms with Gasteiger partial charge in [-0.1, -0.05) is 26.2 Å². The fourth-order valence-corrected chi connectivity index (χ4v) is 2.66. The fraction of sp³-hybridized carbons (Fsp3) is 1.00. The fourth-order valence-electron chi connectivity index (χ4n) is 2.66. The number of hydrogen-bond acceptors (Lipinski definition) is 1. The van der Waals surface area contributed by atoms with Crippen LogP contribution in [0.25, 0.3) is 0 Å². The van der Waals surface area contributed by atoms with E-state index in [-0.39, 0.29) is 0 Å². The van der Waals surface area contributed by atoms with Gasteiger partial charge in [-0.2, -0.15) is 0 Å². The number of rotatable bonds is 1. The van der Waals surface area contributed by atoms with Crippen LogP contribution in [0.3, 0.4) is 0 Å². The molecule has 1 N–H and O–H groups in total. The molecule has 1 aliphatic heterocycles. The maximum Gasteiger partial charge on any atom is 0.0221 e. The van der Waals surface area contributed by atoms with Gasteiger partial charge in [-0.05, 0) is 18.8 Å². The van der Waals surface area contributed by atoms with Gasteiger partial charge in [0.05, 0.1) is 0 Å². The van der Waals surface area contributed by atoms with E-state index in [4.69, 9.17) is 0 Å². The average molecular weight is 139 g/mol. The second-order valence-electron chi connectivity index (χ2n) is 3.85. The number of hydrogen-bond donors (Lipinski definition) is 1. The summed E-state index contributed by atoms with van der Waals surface area (Å²) in [5, 5.41) is 3.62. The van der Waals surface area contributed by atoms with Crippen molar-refractivity contribution in [2.75, 3.05) is 6.54 Å². The highest BCUT2D eigenvalue weighted by atomic mass is 15.1. The van der Waals surface area contributed by atoms with E-state index in [0.29, 0.717) is 5.54 Å². The zero-order valence-corrected chi connectivity index (χ0v) is 6.82. The third kappa shape index (κ3) is 0.731. The van der Waals surface area contributed by atoms with E-state index < -0.39 is 0 Å². The van der Waals surface area contributed by atoms with Gasteiger partial charge >= 0.3 is 0 Å². The topological polar surface area (TPSA) is 12.0 Å². The van der Waals surface area contributed by atoms with Crippen molar-refractivity contribution in [3.05, 3.63) is 0 Å². The van der Waals surface area contributed by atoms with Crippen molar-refractivity contribution in [3.8, 4) is 0 Å². The zero-order chi connectivity index (χ0) is 7.03. The standard InChI is InChI=1S/C9H17N/c1-2-8-7-10-9(8)5-3-4-6-9/h8,10H,2-7H2,1H3/t8-/m0/s1. The molecule has 1 heteroatoms. The summed E-state index contributed by atoms with van der Waals surface area (Å²) in [6, 6.07) is 0. The van der Waals surface area contributed by atoms with Crippen LogP contribution in [0, 0.1) is 5.92 Å². The van der Waals surface area contributed by atoms with Crippen LogP contribution in [0.15, 0.2) is 0 Å². The Morgan fingerprint density at radius 2 is 2.10 bits per heavy atom. The van der Waals surface area contributed by atoms with E-state index >= 15 is 0 Å². The van der Waals surface area contributed by atoms with Crippen molar-refractivity contribution in [1.29, 1.82) is 0 Å². The molecular formula is C9H17N. The minimum atomic E-state index is 0.634. The van der Waals surface area contributed by atoms with Gasteiger partial charge in [0.25, 0.3) is 0 Å². The molecule has 2 fully saturated rings. The molecule has 2 aliphatic rings. The molecule has 0 radical (unpaired) electrons. The molecule has 1 spiro atoms. The van der Waals surface area contributed by atoms with E-state index in [0.717, 1.165) is 5.92 Å². The van der Waals surface area contributed by atoms with Crippen LogP contribution in [-0.4, -0.2) is 12.1 Å². The molecule has 0 aromatic heterocycles. The molecule has 1 atom stereocenters. The van der Waals surface area contributed by atoms with Crippen LogP contribution in [0.4, 0.5) is 0 Å². The lowest BCUT2D eigenvalue weighted by atomic mass is 9.74. The van der Waals surface area contributed by atoms with Gasteiger partial charge in [-0.3, -0.25) is 0 Å². The molecular weight excluding hydrogens is 122 g/mol. The van der Waals surface area contributed by atoms with Crippen LogP contribution in [0.1, 0.15) is 39.0 Å². The van der Waals surface area contributed by atoms with E-state index in [1.54, 1.807) is 0 Å².